The van der Waals surface area contributed by atoms with Crippen LogP contribution in [0, 0.1) is 6.92 Å². The van der Waals surface area contributed by atoms with E-state index in [0.717, 1.165) is 0 Å². The Morgan fingerprint density at radius 1 is 1.39 bits per heavy atom. The summed E-state index contributed by atoms with van der Waals surface area (Å²) >= 11 is 0. The Morgan fingerprint density at radius 2 is 2.17 bits per heavy atom. The Balaban J connectivity index is 2.17. The topological polar surface area (TPSA) is 92.7 Å². The van der Waals surface area contributed by atoms with Crippen molar-refractivity contribution >= 4 is 10.0 Å². The van der Waals surface area contributed by atoms with Gasteiger partial charge in [0.15, 0.2) is 0 Å². The van der Waals surface area contributed by atoms with Crippen molar-refractivity contribution in [2.24, 2.45) is 0 Å². The molecule has 2 N–H and O–H groups in total. The molecule has 18 heavy (non-hydrogen) atoms. The fourth-order valence-electron chi connectivity index (χ4n) is 1.53. The second-order valence-corrected chi connectivity index (χ2v) is 5.43. The molecule has 0 spiro atoms. The molecule has 2 aromatic heterocycles. The van der Waals surface area contributed by atoms with Crippen LogP contribution in [-0.4, -0.2) is 13.5 Å². The quantitative estimate of drug-likeness (QED) is 0.851. The van der Waals surface area contributed by atoms with Crippen molar-refractivity contribution in [1.82, 2.24) is 4.72 Å². The first-order valence-electron chi connectivity index (χ1n) is 5.25. The normalized spacial score (nSPS) is 11.9. The van der Waals surface area contributed by atoms with Crippen molar-refractivity contribution in [2.75, 3.05) is 0 Å². The molecule has 7 heteroatoms. The largest absolute Gasteiger partial charge is 0.468 e. The third kappa shape index (κ3) is 2.63. The van der Waals surface area contributed by atoms with Crippen LogP contribution < -0.4 is 4.72 Å². The van der Waals surface area contributed by atoms with Crippen LogP contribution in [0.4, 0.5) is 0 Å². The first-order valence-corrected chi connectivity index (χ1v) is 6.73. The molecule has 0 aliphatic carbocycles. The second kappa shape index (κ2) is 4.97. The van der Waals surface area contributed by atoms with Crippen molar-refractivity contribution < 1.29 is 22.4 Å². The van der Waals surface area contributed by atoms with Gasteiger partial charge in [0.05, 0.1) is 12.8 Å². The number of rotatable bonds is 5. The maximum absolute atomic E-state index is 12.0. The van der Waals surface area contributed by atoms with E-state index in [0.29, 0.717) is 5.76 Å². The molecule has 2 aromatic rings. The molecule has 98 valence electrons. The second-order valence-electron chi connectivity index (χ2n) is 3.70. The summed E-state index contributed by atoms with van der Waals surface area (Å²) < 4.78 is 36.5. The Labute approximate surface area is 104 Å². The van der Waals surface area contributed by atoms with Gasteiger partial charge in [0, 0.05) is 6.07 Å². The summed E-state index contributed by atoms with van der Waals surface area (Å²) in [4.78, 5) is 0.0260. The third-order valence-corrected chi connectivity index (χ3v) is 3.89. The van der Waals surface area contributed by atoms with E-state index in [4.69, 9.17) is 13.9 Å². The maximum Gasteiger partial charge on any atom is 0.244 e. The van der Waals surface area contributed by atoms with E-state index in [2.05, 4.69) is 4.72 Å². The van der Waals surface area contributed by atoms with Gasteiger partial charge in [-0.05, 0) is 19.1 Å². The molecular formula is C11H13NO5S. The van der Waals surface area contributed by atoms with Gasteiger partial charge in [0.2, 0.25) is 10.0 Å². The van der Waals surface area contributed by atoms with Crippen LogP contribution in [0.25, 0.3) is 0 Å². The van der Waals surface area contributed by atoms with E-state index in [1.54, 1.807) is 12.1 Å². The van der Waals surface area contributed by atoms with Crippen LogP contribution in [0.3, 0.4) is 0 Å². The van der Waals surface area contributed by atoms with Crippen molar-refractivity contribution in [3.05, 3.63) is 41.7 Å². The zero-order valence-corrected chi connectivity index (χ0v) is 10.5. The van der Waals surface area contributed by atoms with Crippen molar-refractivity contribution in [3.8, 4) is 0 Å². The standard InChI is InChI=1S/C11H13NO5S/c1-8-11(5-10(7-13)17-8)18(14,15)12-6-9-3-2-4-16-9/h2-5,12-13H,6-7H2,1H3. The molecule has 0 aliphatic heterocycles. The summed E-state index contributed by atoms with van der Waals surface area (Å²) in [7, 11) is -3.67. The number of furan rings is 2. The van der Waals surface area contributed by atoms with E-state index in [-0.39, 0.29) is 29.6 Å². The van der Waals surface area contributed by atoms with Crippen LogP contribution in [0.15, 0.2) is 38.2 Å². The van der Waals surface area contributed by atoms with Crippen molar-refractivity contribution in [1.29, 1.82) is 0 Å². The average molecular weight is 271 g/mol. The zero-order chi connectivity index (χ0) is 13.2. The number of aryl methyl sites for hydroxylation is 1. The van der Waals surface area contributed by atoms with Gasteiger partial charge in [-0.1, -0.05) is 0 Å². The minimum absolute atomic E-state index is 0.0260. The molecule has 2 rings (SSSR count). The molecular weight excluding hydrogens is 258 g/mol. The molecule has 0 saturated carbocycles. The van der Waals surface area contributed by atoms with E-state index >= 15 is 0 Å². The number of hydrogen-bond acceptors (Lipinski definition) is 5. The molecule has 0 fully saturated rings. The molecule has 0 unspecified atom stereocenters. The molecule has 0 aliphatic rings. The maximum atomic E-state index is 12.0. The fourth-order valence-corrected chi connectivity index (χ4v) is 2.72. The van der Waals surface area contributed by atoms with Crippen molar-refractivity contribution in [2.45, 2.75) is 25.0 Å². The highest BCUT2D eigenvalue weighted by atomic mass is 32.2. The lowest BCUT2D eigenvalue weighted by Crippen LogP contribution is -2.23. The zero-order valence-electron chi connectivity index (χ0n) is 9.71. The summed E-state index contributed by atoms with van der Waals surface area (Å²) in [6.07, 6.45) is 1.47. The smallest absolute Gasteiger partial charge is 0.244 e. The van der Waals surface area contributed by atoms with Gasteiger partial charge in [0.1, 0.15) is 28.8 Å². The lowest BCUT2D eigenvalue weighted by atomic mass is 10.4. The highest BCUT2D eigenvalue weighted by Crippen LogP contribution is 2.20. The van der Waals surface area contributed by atoms with Gasteiger partial charge in [-0.3, -0.25) is 0 Å². The summed E-state index contributed by atoms with van der Waals surface area (Å²) in [5.41, 5.74) is 0. The minimum Gasteiger partial charge on any atom is -0.468 e. The van der Waals surface area contributed by atoms with Crippen LogP contribution in [0.2, 0.25) is 0 Å². The highest BCUT2D eigenvalue weighted by molar-refractivity contribution is 7.89. The molecule has 0 bridgehead atoms. The predicted molar refractivity (Wildman–Crippen MR) is 62.1 cm³/mol. The monoisotopic (exact) mass is 271 g/mol. The average Bonchev–Trinajstić information content (AvgIpc) is 2.95. The molecule has 0 saturated heterocycles. The van der Waals surface area contributed by atoms with E-state index in [9.17, 15) is 8.42 Å². The Morgan fingerprint density at radius 3 is 2.72 bits per heavy atom. The lowest BCUT2D eigenvalue weighted by molar-refractivity contribution is 0.244. The van der Waals surface area contributed by atoms with Gasteiger partial charge >= 0.3 is 0 Å². The molecule has 2 heterocycles. The summed E-state index contributed by atoms with van der Waals surface area (Å²) in [6, 6.07) is 4.65. The van der Waals surface area contributed by atoms with Crippen LogP contribution in [-0.2, 0) is 23.2 Å². The first kappa shape index (κ1) is 12.9. The number of nitrogens with one attached hydrogen (secondary N) is 1. The van der Waals surface area contributed by atoms with Gasteiger partial charge < -0.3 is 13.9 Å². The summed E-state index contributed by atoms with van der Waals surface area (Å²) in [6.45, 7) is 1.25. The minimum atomic E-state index is -3.67. The molecule has 0 radical (unpaired) electrons. The van der Waals surface area contributed by atoms with Crippen molar-refractivity contribution in [3.63, 3.8) is 0 Å². The number of hydrogen-bond donors (Lipinski definition) is 2. The van der Waals surface area contributed by atoms with Crippen LogP contribution in [0.1, 0.15) is 17.3 Å². The van der Waals surface area contributed by atoms with E-state index in [1.807, 2.05) is 0 Å². The van der Waals surface area contributed by atoms with E-state index < -0.39 is 10.0 Å². The number of sulfonamides is 1. The fraction of sp³-hybridized carbons (Fsp3) is 0.273. The summed E-state index contributed by atoms with van der Waals surface area (Å²) in [5.74, 6) is 0.971. The molecule has 0 aromatic carbocycles. The molecule has 0 atom stereocenters. The Kier molecular flexibility index (Phi) is 3.55. The number of aliphatic hydroxyl groups is 1. The van der Waals surface area contributed by atoms with E-state index in [1.165, 1.54) is 19.3 Å². The van der Waals surface area contributed by atoms with Crippen LogP contribution in [0.5, 0.6) is 0 Å². The van der Waals surface area contributed by atoms with Gasteiger partial charge in [-0.2, -0.15) is 0 Å². The van der Waals surface area contributed by atoms with Gasteiger partial charge in [-0.25, -0.2) is 13.1 Å². The Hall–Kier alpha value is -1.57. The SMILES string of the molecule is Cc1oc(CO)cc1S(=O)(=O)NCc1ccco1. The first-order chi connectivity index (χ1) is 8.53. The highest BCUT2D eigenvalue weighted by Gasteiger charge is 2.21. The molecule has 0 amide bonds. The van der Waals surface area contributed by atoms with Gasteiger partial charge in [0.25, 0.3) is 0 Å². The lowest BCUT2D eigenvalue weighted by Gasteiger charge is -2.03. The van der Waals surface area contributed by atoms with Crippen LogP contribution >= 0.6 is 0 Å². The summed E-state index contributed by atoms with van der Waals surface area (Å²) in [5, 5.41) is 8.90. The molecule has 6 nitrogen and oxygen atoms in total. The van der Waals surface area contributed by atoms with Gasteiger partial charge in [-0.15, -0.1) is 0 Å². The Bertz CT molecular complexity index is 612. The predicted octanol–water partition coefficient (Wildman–Crippen LogP) is 1.15. The third-order valence-electron chi connectivity index (χ3n) is 2.39. The number of aliphatic hydroxyl groups excluding tert-OH is 1.